The average molecular weight is 281 g/mol. The summed E-state index contributed by atoms with van der Waals surface area (Å²) in [7, 11) is 0. The lowest BCUT2D eigenvalue weighted by molar-refractivity contribution is 0.225. The molecule has 17 heavy (non-hydrogen) atoms. The fraction of sp³-hybridized carbons (Fsp3) is 0.818. The van der Waals surface area contributed by atoms with Crippen LogP contribution in [0.5, 0.6) is 0 Å². The van der Waals surface area contributed by atoms with Crippen molar-refractivity contribution in [3.8, 4) is 0 Å². The van der Waals surface area contributed by atoms with Crippen LogP contribution in [0.1, 0.15) is 39.3 Å². The van der Waals surface area contributed by atoms with Crippen LogP contribution in [0.2, 0.25) is 0 Å². The Labute approximate surface area is 115 Å². The number of nitrogens with zero attached hydrogens (tertiary/aromatic N) is 3. The van der Waals surface area contributed by atoms with Gasteiger partial charge in [0.25, 0.3) is 0 Å². The summed E-state index contributed by atoms with van der Waals surface area (Å²) in [5.41, 5.74) is 6.90. The number of hydrogen-bond acceptors (Lipinski definition) is 3. The molecule has 6 heteroatoms. The largest absolute Gasteiger partial charge is 0.328 e. The summed E-state index contributed by atoms with van der Waals surface area (Å²) in [6, 6.07) is 0.417. The predicted molar refractivity (Wildman–Crippen MR) is 73.9 cm³/mol. The van der Waals surface area contributed by atoms with E-state index in [1.54, 1.807) is 0 Å². The molecule has 1 heterocycles. The lowest BCUT2D eigenvalue weighted by Crippen LogP contribution is -2.38. The van der Waals surface area contributed by atoms with Crippen molar-refractivity contribution in [3.63, 3.8) is 0 Å². The zero-order chi connectivity index (χ0) is 11.1. The molecular weight excluding hydrogens is 259 g/mol. The van der Waals surface area contributed by atoms with Crippen LogP contribution in [0, 0.1) is 5.92 Å². The molecule has 0 aliphatic heterocycles. The molecule has 0 aromatic carbocycles. The van der Waals surface area contributed by atoms with Gasteiger partial charge in [-0.05, 0) is 18.8 Å². The molecule has 0 bridgehead atoms. The number of rotatable bonds is 2. The molecule has 0 saturated heterocycles. The molecule has 0 unspecified atom stereocenters. The highest BCUT2D eigenvalue weighted by atomic mass is 35.5. The Balaban J connectivity index is 0.00000128. The van der Waals surface area contributed by atoms with Gasteiger partial charge in [-0.2, -0.15) is 0 Å². The van der Waals surface area contributed by atoms with Crippen molar-refractivity contribution >= 4 is 24.8 Å². The molecule has 1 saturated carbocycles. The summed E-state index contributed by atoms with van der Waals surface area (Å²) in [5.74, 6) is 0.703. The Morgan fingerprint density at radius 1 is 1.35 bits per heavy atom. The Morgan fingerprint density at radius 3 is 2.35 bits per heavy atom. The second kappa shape index (κ2) is 6.03. The number of hydrogen-bond donors (Lipinski definition) is 1. The first kappa shape index (κ1) is 16.7. The summed E-state index contributed by atoms with van der Waals surface area (Å²) in [5, 5.41) is 8.35. The van der Waals surface area contributed by atoms with Gasteiger partial charge in [0.05, 0.1) is 5.69 Å². The van der Waals surface area contributed by atoms with E-state index in [2.05, 4.69) is 37.3 Å². The predicted octanol–water partition coefficient (Wildman–Crippen LogP) is 2.16. The van der Waals surface area contributed by atoms with Gasteiger partial charge in [-0.3, -0.25) is 4.68 Å². The number of nitrogens with two attached hydrogens (primary N) is 1. The molecule has 0 radical (unpaired) electrons. The van der Waals surface area contributed by atoms with Crippen LogP contribution in [0.3, 0.4) is 0 Å². The summed E-state index contributed by atoms with van der Waals surface area (Å²) in [6.07, 6.45) is 4.32. The molecule has 1 aliphatic carbocycles. The van der Waals surface area contributed by atoms with Crippen LogP contribution in [0.4, 0.5) is 0 Å². The molecule has 100 valence electrons. The fourth-order valence-electron chi connectivity index (χ4n) is 1.93. The second-order valence-corrected chi connectivity index (χ2v) is 5.67. The Hall–Kier alpha value is -0.320. The second-order valence-electron chi connectivity index (χ2n) is 5.67. The highest BCUT2D eigenvalue weighted by molar-refractivity contribution is 5.85. The molecule has 1 aromatic rings. The molecule has 0 amide bonds. The quantitative estimate of drug-likeness (QED) is 0.903. The summed E-state index contributed by atoms with van der Waals surface area (Å²) in [6.45, 7) is 7.43. The normalized spacial score (nSPS) is 23.3. The van der Waals surface area contributed by atoms with Gasteiger partial charge in [-0.1, -0.05) is 26.0 Å². The van der Waals surface area contributed by atoms with Crippen LogP contribution in [-0.2, 0) is 12.0 Å². The molecule has 1 aliphatic rings. The van der Waals surface area contributed by atoms with Crippen molar-refractivity contribution in [1.82, 2.24) is 15.0 Å². The SMILES string of the molecule is CC(C)(C)c1cn(CC2CC(N)C2)nn1.Cl.Cl. The third-order valence-electron chi connectivity index (χ3n) is 3.02. The van der Waals surface area contributed by atoms with Gasteiger partial charge in [0.15, 0.2) is 0 Å². The van der Waals surface area contributed by atoms with E-state index in [0.717, 1.165) is 25.1 Å². The lowest BCUT2D eigenvalue weighted by atomic mass is 9.81. The van der Waals surface area contributed by atoms with Crippen molar-refractivity contribution in [3.05, 3.63) is 11.9 Å². The molecule has 2 rings (SSSR count). The minimum Gasteiger partial charge on any atom is -0.328 e. The van der Waals surface area contributed by atoms with E-state index in [1.165, 1.54) is 0 Å². The van der Waals surface area contributed by atoms with Gasteiger partial charge in [0, 0.05) is 24.2 Å². The van der Waals surface area contributed by atoms with E-state index in [4.69, 9.17) is 5.73 Å². The number of halogens is 2. The van der Waals surface area contributed by atoms with Crippen molar-refractivity contribution in [2.45, 2.75) is 51.6 Å². The van der Waals surface area contributed by atoms with Gasteiger partial charge in [0.2, 0.25) is 0 Å². The topological polar surface area (TPSA) is 56.7 Å². The van der Waals surface area contributed by atoms with Crippen molar-refractivity contribution in [2.24, 2.45) is 11.7 Å². The van der Waals surface area contributed by atoms with Crippen molar-refractivity contribution in [1.29, 1.82) is 0 Å². The van der Waals surface area contributed by atoms with Crippen LogP contribution in [-0.4, -0.2) is 21.0 Å². The Kier molecular flexibility index (Phi) is 5.91. The first-order valence-corrected chi connectivity index (χ1v) is 5.61. The van der Waals surface area contributed by atoms with Gasteiger partial charge in [0.1, 0.15) is 0 Å². The monoisotopic (exact) mass is 280 g/mol. The van der Waals surface area contributed by atoms with E-state index >= 15 is 0 Å². The standard InChI is InChI=1S/C11H20N4.2ClH/c1-11(2,3)10-7-15(14-13-10)6-8-4-9(12)5-8;;/h7-9H,4-6,12H2,1-3H3;2*1H. The number of aromatic nitrogens is 3. The molecule has 0 spiro atoms. The third kappa shape index (κ3) is 4.12. The van der Waals surface area contributed by atoms with Crippen LogP contribution < -0.4 is 5.73 Å². The summed E-state index contributed by atoms with van der Waals surface area (Å²) in [4.78, 5) is 0. The molecule has 2 N–H and O–H groups in total. The first-order valence-electron chi connectivity index (χ1n) is 5.61. The first-order chi connectivity index (χ1) is 6.95. The molecule has 1 fully saturated rings. The Morgan fingerprint density at radius 2 is 1.94 bits per heavy atom. The highest BCUT2D eigenvalue weighted by Gasteiger charge is 2.27. The molecular formula is C11H22Cl2N4. The maximum Gasteiger partial charge on any atom is 0.0880 e. The van der Waals surface area contributed by atoms with Crippen LogP contribution in [0.15, 0.2) is 6.20 Å². The van der Waals surface area contributed by atoms with Gasteiger partial charge in [-0.25, -0.2) is 0 Å². The van der Waals surface area contributed by atoms with E-state index in [0.29, 0.717) is 12.0 Å². The van der Waals surface area contributed by atoms with Crippen molar-refractivity contribution in [2.75, 3.05) is 0 Å². The van der Waals surface area contributed by atoms with Crippen molar-refractivity contribution < 1.29 is 0 Å². The fourth-order valence-corrected chi connectivity index (χ4v) is 1.93. The summed E-state index contributed by atoms with van der Waals surface area (Å²) >= 11 is 0. The minimum atomic E-state index is 0. The molecule has 0 atom stereocenters. The molecule has 4 nitrogen and oxygen atoms in total. The third-order valence-corrected chi connectivity index (χ3v) is 3.02. The zero-order valence-electron chi connectivity index (χ0n) is 10.6. The molecule has 1 aromatic heterocycles. The van der Waals surface area contributed by atoms with E-state index in [-0.39, 0.29) is 30.2 Å². The van der Waals surface area contributed by atoms with Gasteiger partial charge >= 0.3 is 0 Å². The summed E-state index contributed by atoms with van der Waals surface area (Å²) < 4.78 is 1.96. The van der Waals surface area contributed by atoms with Crippen LogP contribution >= 0.6 is 24.8 Å². The Bertz CT molecular complexity index is 339. The maximum absolute atomic E-state index is 5.75. The van der Waals surface area contributed by atoms with E-state index in [1.807, 2.05) is 4.68 Å². The minimum absolute atomic E-state index is 0. The zero-order valence-corrected chi connectivity index (χ0v) is 12.2. The van der Waals surface area contributed by atoms with Crippen LogP contribution in [0.25, 0.3) is 0 Å². The van der Waals surface area contributed by atoms with E-state index in [9.17, 15) is 0 Å². The average Bonchev–Trinajstić information content (AvgIpc) is 2.49. The van der Waals surface area contributed by atoms with Gasteiger partial charge in [-0.15, -0.1) is 29.9 Å². The lowest BCUT2D eigenvalue weighted by Gasteiger charge is -2.31. The van der Waals surface area contributed by atoms with Gasteiger partial charge < -0.3 is 5.73 Å². The highest BCUT2D eigenvalue weighted by Crippen LogP contribution is 2.27. The van der Waals surface area contributed by atoms with E-state index < -0.39 is 0 Å². The maximum atomic E-state index is 5.75. The smallest absolute Gasteiger partial charge is 0.0880 e.